The molecule has 0 spiro atoms. The van der Waals surface area contributed by atoms with Crippen LogP contribution in [0.3, 0.4) is 0 Å². The summed E-state index contributed by atoms with van der Waals surface area (Å²) in [4.78, 5) is 12.5. The largest absolute Gasteiger partial charge is 0.472 e. The number of hydrogen-bond acceptors (Lipinski definition) is 5. The van der Waals surface area contributed by atoms with Crippen molar-refractivity contribution >= 4 is 27.6 Å². The summed E-state index contributed by atoms with van der Waals surface area (Å²) in [5.74, 6) is 0. The number of hydrogen-bond donors (Lipinski definition) is 3. The normalized spacial score (nSPS) is 14.6. The molecule has 3 N–H and O–H groups in total. The third kappa shape index (κ3) is 2.67. The Hall–Kier alpha value is -3.71. The van der Waals surface area contributed by atoms with Gasteiger partial charge in [-0.3, -0.25) is 5.10 Å². The maximum absolute atomic E-state index is 5.26. The lowest BCUT2D eigenvalue weighted by molar-refractivity contribution is 0.568. The molecule has 0 saturated carbocycles. The highest BCUT2D eigenvalue weighted by molar-refractivity contribution is 5.99. The number of furan rings is 1. The van der Waals surface area contributed by atoms with E-state index in [0.717, 1.165) is 69.7 Å². The molecular weight excluding hydrogens is 364 g/mol. The minimum atomic E-state index is 0.778. The molecule has 0 radical (unpaired) electrons. The van der Waals surface area contributed by atoms with Gasteiger partial charge < -0.3 is 14.7 Å². The van der Waals surface area contributed by atoms with Crippen LogP contribution in [-0.2, 0) is 0 Å². The van der Waals surface area contributed by atoms with Crippen LogP contribution in [0, 0.1) is 0 Å². The molecule has 1 aliphatic heterocycles. The first-order valence-electron chi connectivity index (χ1n) is 9.62. The molecule has 0 atom stereocenters. The Kier molecular flexibility index (Phi) is 3.60. The van der Waals surface area contributed by atoms with Crippen LogP contribution in [0.25, 0.3) is 50.2 Å². The quantitative estimate of drug-likeness (QED) is 0.436. The molecular formula is C22H18N6O. The summed E-state index contributed by atoms with van der Waals surface area (Å²) in [7, 11) is 0. The maximum atomic E-state index is 5.26. The molecule has 6 heterocycles. The highest BCUT2D eigenvalue weighted by Crippen LogP contribution is 2.33. The van der Waals surface area contributed by atoms with Gasteiger partial charge in [-0.25, -0.2) is 9.97 Å². The molecule has 5 aromatic heterocycles. The van der Waals surface area contributed by atoms with Crippen LogP contribution in [0.15, 0.2) is 59.7 Å². The lowest BCUT2D eigenvalue weighted by Crippen LogP contribution is -2.20. The van der Waals surface area contributed by atoms with Gasteiger partial charge in [0.05, 0.1) is 18.2 Å². The number of fused-ring (bicyclic) bond motifs is 2. The SMILES string of the molecule is C1=C(c2cnc3[nH]nc(-c4cc5c(-c6ccoc6)ccnc5[nH]4)c3c2)CCNC1. The Morgan fingerprint density at radius 3 is 2.86 bits per heavy atom. The van der Waals surface area contributed by atoms with Crippen molar-refractivity contribution in [2.24, 2.45) is 0 Å². The summed E-state index contributed by atoms with van der Waals surface area (Å²) in [5, 5.41) is 13.0. The van der Waals surface area contributed by atoms with E-state index >= 15 is 0 Å². The van der Waals surface area contributed by atoms with Crippen molar-refractivity contribution in [3.8, 4) is 22.5 Å². The van der Waals surface area contributed by atoms with Gasteiger partial charge in [0.15, 0.2) is 5.65 Å². The van der Waals surface area contributed by atoms with Gasteiger partial charge in [-0.2, -0.15) is 5.10 Å². The summed E-state index contributed by atoms with van der Waals surface area (Å²) in [6, 6.07) is 8.22. The first kappa shape index (κ1) is 16.3. The molecule has 0 saturated heterocycles. The second-order valence-electron chi connectivity index (χ2n) is 7.19. The topological polar surface area (TPSA) is 95.4 Å². The van der Waals surface area contributed by atoms with E-state index in [-0.39, 0.29) is 0 Å². The van der Waals surface area contributed by atoms with Gasteiger partial charge >= 0.3 is 0 Å². The van der Waals surface area contributed by atoms with Crippen molar-refractivity contribution in [2.45, 2.75) is 6.42 Å². The zero-order chi connectivity index (χ0) is 19.2. The monoisotopic (exact) mass is 382 g/mol. The second kappa shape index (κ2) is 6.42. The molecule has 0 fully saturated rings. The van der Waals surface area contributed by atoms with Gasteiger partial charge in [-0.15, -0.1) is 0 Å². The fourth-order valence-corrected chi connectivity index (χ4v) is 3.99. The van der Waals surface area contributed by atoms with Crippen LogP contribution in [-0.4, -0.2) is 38.2 Å². The molecule has 0 bridgehead atoms. The molecule has 0 aromatic carbocycles. The van der Waals surface area contributed by atoms with Crippen LogP contribution >= 0.6 is 0 Å². The van der Waals surface area contributed by atoms with Gasteiger partial charge in [0, 0.05) is 35.3 Å². The average molecular weight is 382 g/mol. The molecule has 0 unspecified atom stereocenters. The Balaban J connectivity index is 1.50. The summed E-state index contributed by atoms with van der Waals surface area (Å²) < 4.78 is 5.26. The van der Waals surface area contributed by atoms with Crippen LogP contribution in [0.4, 0.5) is 0 Å². The predicted octanol–water partition coefficient (Wildman–Crippen LogP) is 4.14. The Labute approximate surface area is 165 Å². The molecule has 5 aromatic rings. The standard InChI is InChI=1S/C22H18N6O/c1-5-23-6-2-13(1)15-9-18-20(27-28-22(18)25-11-15)19-10-17-16(14-4-8-29-12-14)3-7-24-21(17)26-19/h1,3-4,7-12,23H,2,5-6H2,(H,24,26)(H,25,27,28). The van der Waals surface area contributed by atoms with E-state index in [1.54, 1.807) is 18.7 Å². The molecule has 0 amide bonds. The fourth-order valence-electron chi connectivity index (χ4n) is 3.99. The number of nitrogens with one attached hydrogen (secondary N) is 3. The van der Waals surface area contributed by atoms with E-state index in [1.807, 2.05) is 18.3 Å². The number of pyridine rings is 2. The zero-order valence-corrected chi connectivity index (χ0v) is 15.6. The predicted molar refractivity (Wildman–Crippen MR) is 112 cm³/mol. The number of nitrogens with zero attached hydrogens (tertiary/aromatic N) is 3. The molecule has 0 aliphatic carbocycles. The smallest absolute Gasteiger partial charge is 0.155 e. The van der Waals surface area contributed by atoms with Gasteiger partial charge in [0.2, 0.25) is 0 Å². The molecule has 7 heteroatoms. The lowest BCUT2D eigenvalue weighted by Gasteiger charge is -2.13. The van der Waals surface area contributed by atoms with Crippen molar-refractivity contribution in [3.05, 3.63) is 60.8 Å². The molecule has 6 rings (SSSR count). The Morgan fingerprint density at radius 1 is 1.00 bits per heavy atom. The molecule has 1 aliphatic rings. The van der Waals surface area contributed by atoms with E-state index < -0.39 is 0 Å². The molecule has 29 heavy (non-hydrogen) atoms. The Bertz CT molecular complexity index is 1360. The van der Waals surface area contributed by atoms with Crippen LogP contribution in [0.1, 0.15) is 12.0 Å². The number of rotatable bonds is 3. The third-order valence-electron chi connectivity index (χ3n) is 5.47. The lowest BCUT2D eigenvalue weighted by atomic mass is 10.0. The third-order valence-corrected chi connectivity index (χ3v) is 5.47. The number of H-pyrrole nitrogens is 2. The average Bonchev–Trinajstić information content (AvgIpc) is 3.52. The van der Waals surface area contributed by atoms with Crippen molar-refractivity contribution in [2.75, 3.05) is 13.1 Å². The van der Waals surface area contributed by atoms with Crippen LogP contribution in [0.2, 0.25) is 0 Å². The first-order chi connectivity index (χ1) is 14.4. The summed E-state index contributed by atoms with van der Waals surface area (Å²) in [6.07, 6.45) is 10.4. The van der Waals surface area contributed by atoms with Gasteiger partial charge in [0.1, 0.15) is 11.3 Å². The van der Waals surface area contributed by atoms with E-state index in [9.17, 15) is 0 Å². The highest BCUT2D eigenvalue weighted by Gasteiger charge is 2.16. The highest BCUT2D eigenvalue weighted by atomic mass is 16.3. The number of aromatic amines is 2. The number of aromatic nitrogens is 5. The molecule has 7 nitrogen and oxygen atoms in total. The van der Waals surface area contributed by atoms with Gasteiger partial charge in [-0.05, 0) is 53.9 Å². The van der Waals surface area contributed by atoms with Crippen molar-refractivity contribution < 1.29 is 4.42 Å². The first-order valence-corrected chi connectivity index (χ1v) is 9.62. The summed E-state index contributed by atoms with van der Waals surface area (Å²) >= 11 is 0. The zero-order valence-electron chi connectivity index (χ0n) is 15.6. The maximum Gasteiger partial charge on any atom is 0.155 e. The molecule has 142 valence electrons. The van der Waals surface area contributed by atoms with Crippen molar-refractivity contribution in [1.29, 1.82) is 0 Å². The van der Waals surface area contributed by atoms with E-state index in [1.165, 1.54) is 5.57 Å². The van der Waals surface area contributed by atoms with Crippen LogP contribution < -0.4 is 5.32 Å². The minimum Gasteiger partial charge on any atom is -0.472 e. The second-order valence-corrected chi connectivity index (χ2v) is 7.19. The summed E-state index contributed by atoms with van der Waals surface area (Å²) in [6.45, 7) is 1.89. The van der Waals surface area contributed by atoms with E-state index in [4.69, 9.17) is 4.42 Å². The summed E-state index contributed by atoms with van der Waals surface area (Å²) in [5.41, 5.74) is 7.93. The van der Waals surface area contributed by atoms with Crippen molar-refractivity contribution in [1.82, 2.24) is 30.5 Å². The Morgan fingerprint density at radius 2 is 2.00 bits per heavy atom. The van der Waals surface area contributed by atoms with Gasteiger partial charge in [-0.1, -0.05) is 6.08 Å². The minimum absolute atomic E-state index is 0.778. The van der Waals surface area contributed by atoms with E-state index in [0.29, 0.717) is 0 Å². The van der Waals surface area contributed by atoms with Crippen LogP contribution in [0.5, 0.6) is 0 Å². The van der Waals surface area contributed by atoms with E-state index in [2.05, 4.69) is 48.7 Å². The van der Waals surface area contributed by atoms with Crippen molar-refractivity contribution in [3.63, 3.8) is 0 Å². The fraction of sp³-hybridized carbons (Fsp3) is 0.136. The van der Waals surface area contributed by atoms with Gasteiger partial charge in [0.25, 0.3) is 0 Å².